The summed E-state index contributed by atoms with van der Waals surface area (Å²) in [5.74, 6) is -1.13. The van der Waals surface area contributed by atoms with Crippen LogP contribution in [0.4, 0.5) is 0 Å². The van der Waals surface area contributed by atoms with E-state index in [9.17, 15) is 18.0 Å². The summed E-state index contributed by atoms with van der Waals surface area (Å²) in [6.07, 6.45) is 0.391. The zero-order valence-corrected chi connectivity index (χ0v) is 12.7. The Kier molecular flexibility index (Phi) is 4.66. The number of thiophene rings is 1. The Bertz CT molecular complexity index is 625. The maximum atomic E-state index is 11.6. The number of sulfone groups is 1. The number of amides is 1. The van der Waals surface area contributed by atoms with Crippen LogP contribution in [-0.4, -0.2) is 44.4 Å². The van der Waals surface area contributed by atoms with Gasteiger partial charge in [0.2, 0.25) is 0 Å². The van der Waals surface area contributed by atoms with Crippen molar-refractivity contribution in [1.29, 1.82) is 0 Å². The fourth-order valence-electron chi connectivity index (χ4n) is 1.80. The first-order valence-corrected chi connectivity index (χ1v) is 8.79. The molecule has 110 valence electrons. The lowest BCUT2D eigenvalue weighted by molar-refractivity contribution is -0.124. The molecule has 1 amide bonds. The number of carbonyl (C=O) groups is 2. The Morgan fingerprint density at radius 1 is 1.45 bits per heavy atom. The summed E-state index contributed by atoms with van der Waals surface area (Å²) in [6.45, 7) is -0.440. The molecule has 1 saturated heterocycles. The van der Waals surface area contributed by atoms with Gasteiger partial charge in [0.25, 0.3) is 5.91 Å². The van der Waals surface area contributed by atoms with Crippen molar-refractivity contribution in [2.24, 2.45) is 0 Å². The lowest BCUT2D eigenvalue weighted by Crippen LogP contribution is -2.38. The smallest absolute Gasteiger partial charge is 0.348 e. The minimum absolute atomic E-state index is 0.0623. The second-order valence-electron chi connectivity index (χ2n) is 4.35. The van der Waals surface area contributed by atoms with Gasteiger partial charge in [0.15, 0.2) is 16.4 Å². The molecule has 1 N–H and O–H groups in total. The molecule has 0 aliphatic carbocycles. The van der Waals surface area contributed by atoms with E-state index in [4.69, 9.17) is 16.3 Å². The van der Waals surface area contributed by atoms with E-state index in [1.165, 1.54) is 6.07 Å². The van der Waals surface area contributed by atoms with Crippen LogP contribution in [0.5, 0.6) is 0 Å². The van der Waals surface area contributed by atoms with Crippen LogP contribution in [-0.2, 0) is 19.4 Å². The van der Waals surface area contributed by atoms with Gasteiger partial charge in [0, 0.05) is 6.04 Å². The summed E-state index contributed by atoms with van der Waals surface area (Å²) in [5.41, 5.74) is 0. The third-order valence-electron chi connectivity index (χ3n) is 2.71. The third kappa shape index (κ3) is 4.19. The van der Waals surface area contributed by atoms with E-state index in [-0.39, 0.29) is 11.5 Å². The van der Waals surface area contributed by atoms with E-state index in [1.54, 1.807) is 6.07 Å². The highest BCUT2D eigenvalue weighted by Crippen LogP contribution is 2.21. The first kappa shape index (κ1) is 15.3. The highest BCUT2D eigenvalue weighted by atomic mass is 35.5. The molecule has 0 saturated carbocycles. The molecule has 1 fully saturated rings. The zero-order valence-electron chi connectivity index (χ0n) is 10.3. The van der Waals surface area contributed by atoms with Crippen molar-refractivity contribution >= 4 is 44.7 Å². The van der Waals surface area contributed by atoms with Gasteiger partial charge in [-0.15, -0.1) is 11.3 Å². The van der Waals surface area contributed by atoms with Crippen LogP contribution < -0.4 is 5.32 Å². The number of hydrogen-bond acceptors (Lipinski definition) is 6. The maximum Gasteiger partial charge on any atom is 0.348 e. The number of halogens is 1. The van der Waals surface area contributed by atoms with Crippen LogP contribution in [0.1, 0.15) is 16.1 Å². The van der Waals surface area contributed by atoms with Crippen LogP contribution >= 0.6 is 22.9 Å². The Morgan fingerprint density at radius 3 is 2.75 bits per heavy atom. The quantitative estimate of drug-likeness (QED) is 0.823. The normalized spacial score (nSPS) is 20.6. The zero-order chi connectivity index (χ0) is 14.8. The van der Waals surface area contributed by atoms with E-state index in [0.29, 0.717) is 15.6 Å². The summed E-state index contributed by atoms with van der Waals surface area (Å²) in [6, 6.07) is 2.67. The average molecular weight is 338 g/mol. The van der Waals surface area contributed by atoms with Crippen molar-refractivity contribution in [2.45, 2.75) is 12.5 Å². The van der Waals surface area contributed by atoms with Crippen molar-refractivity contribution in [3.8, 4) is 0 Å². The van der Waals surface area contributed by atoms with Gasteiger partial charge < -0.3 is 10.1 Å². The molecular formula is C11H12ClNO5S2. The summed E-state index contributed by atoms with van der Waals surface area (Å²) in [4.78, 5) is 23.4. The van der Waals surface area contributed by atoms with Gasteiger partial charge in [0.05, 0.1) is 15.8 Å². The second-order valence-corrected chi connectivity index (χ2v) is 8.29. The van der Waals surface area contributed by atoms with Crippen molar-refractivity contribution in [1.82, 2.24) is 5.32 Å². The monoisotopic (exact) mass is 337 g/mol. The molecular weight excluding hydrogens is 326 g/mol. The summed E-state index contributed by atoms with van der Waals surface area (Å²) >= 11 is 6.74. The molecule has 9 heteroatoms. The van der Waals surface area contributed by atoms with Gasteiger partial charge in [-0.25, -0.2) is 13.2 Å². The Hall–Kier alpha value is -1.12. The van der Waals surface area contributed by atoms with Crippen molar-refractivity contribution in [3.63, 3.8) is 0 Å². The first-order valence-electron chi connectivity index (χ1n) is 5.78. The number of ether oxygens (including phenoxy) is 1. The van der Waals surface area contributed by atoms with Gasteiger partial charge in [-0.05, 0) is 18.6 Å². The molecule has 1 aromatic heterocycles. The maximum absolute atomic E-state index is 11.6. The minimum Gasteiger partial charge on any atom is -0.451 e. The molecule has 0 spiro atoms. The highest BCUT2D eigenvalue weighted by Gasteiger charge is 2.29. The molecule has 6 nitrogen and oxygen atoms in total. The van der Waals surface area contributed by atoms with Gasteiger partial charge in [-0.2, -0.15) is 0 Å². The fraction of sp³-hybridized carbons (Fsp3) is 0.455. The molecule has 1 atom stereocenters. The molecule has 1 aromatic rings. The Labute approximate surface area is 125 Å². The largest absolute Gasteiger partial charge is 0.451 e. The van der Waals surface area contributed by atoms with E-state index >= 15 is 0 Å². The molecule has 20 heavy (non-hydrogen) atoms. The lowest BCUT2D eigenvalue weighted by atomic mass is 10.2. The topological polar surface area (TPSA) is 89.5 Å². The molecule has 0 radical (unpaired) electrons. The van der Waals surface area contributed by atoms with E-state index < -0.39 is 34.4 Å². The predicted molar refractivity (Wildman–Crippen MR) is 74.8 cm³/mol. The van der Waals surface area contributed by atoms with Crippen LogP contribution in [0.3, 0.4) is 0 Å². The summed E-state index contributed by atoms with van der Waals surface area (Å²) in [5, 5.41) is 2.53. The molecule has 2 heterocycles. The Balaban J connectivity index is 1.77. The number of carbonyl (C=O) groups excluding carboxylic acids is 2. The lowest BCUT2D eigenvalue weighted by Gasteiger charge is -2.10. The van der Waals surface area contributed by atoms with Crippen molar-refractivity contribution in [2.75, 3.05) is 18.1 Å². The van der Waals surface area contributed by atoms with E-state index in [1.807, 2.05) is 0 Å². The van der Waals surface area contributed by atoms with E-state index in [0.717, 1.165) is 11.3 Å². The summed E-state index contributed by atoms with van der Waals surface area (Å²) in [7, 11) is -3.05. The van der Waals surface area contributed by atoms with Gasteiger partial charge in [-0.3, -0.25) is 4.79 Å². The molecule has 1 aliphatic heterocycles. The van der Waals surface area contributed by atoms with Crippen LogP contribution in [0.25, 0.3) is 0 Å². The molecule has 0 bridgehead atoms. The Morgan fingerprint density at radius 2 is 2.20 bits per heavy atom. The highest BCUT2D eigenvalue weighted by molar-refractivity contribution is 7.91. The SMILES string of the molecule is O=C(COC(=O)c1ccc(Cl)s1)NC1CCS(=O)(=O)C1. The van der Waals surface area contributed by atoms with Crippen LogP contribution in [0.2, 0.25) is 4.34 Å². The van der Waals surface area contributed by atoms with Gasteiger partial charge in [0.1, 0.15) is 4.88 Å². The summed E-state index contributed by atoms with van der Waals surface area (Å²) < 4.78 is 27.7. The van der Waals surface area contributed by atoms with Crippen molar-refractivity contribution < 1.29 is 22.7 Å². The third-order valence-corrected chi connectivity index (χ3v) is 5.69. The van der Waals surface area contributed by atoms with Crippen LogP contribution in [0.15, 0.2) is 12.1 Å². The average Bonchev–Trinajstić information content (AvgIpc) is 2.92. The predicted octanol–water partition coefficient (Wildman–Crippen LogP) is 0.862. The number of esters is 1. The molecule has 1 aliphatic rings. The van der Waals surface area contributed by atoms with Crippen LogP contribution in [0, 0.1) is 0 Å². The first-order chi connectivity index (χ1) is 9.35. The minimum atomic E-state index is -3.05. The molecule has 0 aromatic carbocycles. The molecule has 2 rings (SSSR count). The van der Waals surface area contributed by atoms with E-state index in [2.05, 4.69) is 5.32 Å². The number of nitrogens with one attached hydrogen (secondary N) is 1. The second kappa shape index (κ2) is 6.11. The standard InChI is InChI=1S/C11H12ClNO5S2/c12-9-2-1-8(19-9)11(15)18-5-10(14)13-7-3-4-20(16,17)6-7/h1-2,7H,3-6H2,(H,13,14). The van der Waals surface area contributed by atoms with Crippen molar-refractivity contribution in [3.05, 3.63) is 21.3 Å². The van der Waals surface area contributed by atoms with Gasteiger partial charge >= 0.3 is 5.97 Å². The number of rotatable bonds is 4. The van der Waals surface area contributed by atoms with Gasteiger partial charge in [-0.1, -0.05) is 11.6 Å². The number of hydrogen-bond donors (Lipinski definition) is 1. The fourth-order valence-corrected chi connectivity index (χ4v) is 4.41. The molecule has 1 unspecified atom stereocenters.